The van der Waals surface area contributed by atoms with Crippen LogP contribution in [0.15, 0.2) is 35.4 Å². The second-order valence-electron chi connectivity index (χ2n) is 2.53. The van der Waals surface area contributed by atoms with Crippen molar-refractivity contribution in [3.63, 3.8) is 0 Å². The van der Waals surface area contributed by atoms with E-state index in [9.17, 15) is 4.79 Å². The van der Waals surface area contributed by atoms with Crippen molar-refractivity contribution in [2.75, 3.05) is 5.88 Å². The number of carbonyl (C=O) groups is 1. The van der Waals surface area contributed by atoms with E-state index in [0.29, 0.717) is 5.71 Å². The van der Waals surface area contributed by atoms with Crippen LogP contribution in [-0.2, 0) is 0 Å². The van der Waals surface area contributed by atoms with Gasteiger partial charge in [-0.3, -0.25) is 0 Å². The molecule has 2 amide bonds. The molecule has 14 heavy (non-hydrogen) atoms. The van der Waals surface area contributed by atoms with E-state index >= 15 is 0 Å². The Balaban J connectivity index is 2.82. The number of hydrogen-bond acceptors (Lipinski definition) is 2. The summed E-state index contributed by atoms with van der Waals surface area (Å²) in [5, 5.41) is 3.77. The number of alkyl halides is 1. The zero-order valence-corrected chi connectivity index (χ0v) is 8.16. The number of nitrogens with one attached hydrogen (secondary N) is 1. The molecule has 1 rings (SSSR count). The Kier molecular flexibility index (Phi) is 3.94. The summed E-state index contributed by atoms with van der Waals surface area (Å²) in [6.45, 7) is 0. The number of nitrogens with two attached hydrogens (primary N) is 1. The molecule has 3 N–H and O–H groups in total. The predicted molar refractivity (Wildman–Crippen MR) is 56.4 cm³/mol. The van der Waals surface area contributed by atoms with E-state index in [-0.39, 0.29) is 5.88 Å². The Hall–Kier alpha value is -1.55. The first-order chi connectivity index (χ1) is 6.74. The van der Waals surface area contributed by atoms with E-state index in [0.717, 1.165) is 5.56 Å². The van der Waals surface area contributed by atoms with Crippen LogP contribution in [0.5, 0.6) is 0 Å². The molecule has 0 saturated carbocycles. The van der Waals surface area contributed by atoms with Crippen molar-refractivity contribution in [3.8, 4) is 0 Å². The molecule has 0 unspecified atom stereocenters. The topological polar surface area (TPSA) is 67.5 Å². The number of nitrogens with zero attached hydrogens (tertiary/aromatic N) is 1. The second kappa shape index (κ2) is 5.24. The maximum absolute atomic E-state index is 10.4. The number of hydrogen-bond donors (Lipinski definition) is 2. The van der Waals surface area contributed by atoms with Crippen molar-refractivity contribution in [2.24, 2.45) is 10.8 Å². The van der Waals surface area contributed by atoms with Gasteiger partial charge in [0, 0.05) is 0 Å². The van der Waals surface area contributed by atoms with Crippen molar-refractivity contribution in [1.29, 1.82) is 0 Å². The number of primary amides is 1. The maximum Gasteiger partial charge on any atom is 0.332 e. The average molecular weight is 212 g/mol. The van der Waals surface area contributed by atoms with Gasteiger partial charge in [0.05, 0.1) is 11.6 Å². The monoisotopic (exact) mass is 211 g/mol. The highest BCUT2D eigenvalue weighted by Crippen LogP contribution is 2.02. The standard InChI is InChI=1S/C9H10ClN3O/c10-6-8(12-13-9(11)14)7-4-2-1-3-5-7/h1-5H,6H2,(H3,11,13,14)/b12-8-. The number of halogens is 1. The number of hydrazone groups is 1. The first-order valence-corrected chi connectivity index (χ1v) is 4.51. The second-order valence-corrected chi connectivity index (χ2v) is 2.80. The molecule has 0 atom stereocenters. The van der Waals surface area contributed by atoms with Gasteiger partial charge >= 0.3 is 6.03 Å². The number of amides is 2. The lowest BCUT2D eigenvalue weighted by atomic mass is 10.1. The van der Waals surface area contributed by atoms with Gasteiger partial charge in [0.1, 0.15) is 0 Å². The highest BCUT2D eigenvalue weighted by Gasteiger charge is 2.01. The summed E-state index contributed by atoms with van der Waals surface area (Å²) in [6.07, 6.45) is 0. The molecule has 0 aromatic heterocycles. The summed E-state index contributed by atoms with van der Waals surface area (Å²) in [7, 11) is 0. The van der Waals surface area contributed by atoms with Crippen LogP contribution >= 0.6 is 11.6 Å². The molecular weight excluding hydrogens is 202 g/mol. The fourth-order valence-electron chi connectivity index (χ4n) is 0.925. The Labute approximate surface area is 86.7 Å². The summed E-state index contributed by atoms with van der Waals surface area (Å²) in [5.74, 6) is 0.213. The number of carbonyl (C=O) groups excluding carboxylic acids is 1. The van der Waals surface area contributed by atoms with Crippen molar-refractivity contribution < 1.29 is 4.79 Å². The average Bonchev–Trinajstić information content (AvgIpc) is 2.20. The molecule has 0 radical (unpaired) electrons. The van der Waals surface area contributed by atoms with Gasteiger partial charge in [-0.2, -0.15) is 5.10 Å². The molecule has 0 fully saturated rings. The molecule has 1 aromatic rings. The molecular formula is C9H10ClN3O. The van der Waals surface area contributed by atoms with Crippen molar-refractivity contribution in [3.05, 3.63) is 35.9 Å². The lowest BCUT2D eigenvalue weighted by Crippen LogP contribution is -2.26. The van der Waals surface area contributed by atoms with E-state index in [1.54, 1.807) is 0 Å². The Morgan fingerprint density at radius 2 is 2.07 bits per heavy atom. The smallest absolute Gasteiger partial charge is 0.332 e. The third kappa shape index (κ3) is 3.06. The minimum Gasteiger partial charge on any atom is -0.350 e. The van der Waals surface area contributed by atoms with E-state index in [2.05, 4.69) is 10.5 Å². The predicted octanol–water partition coefficient (Wildman–Crippen LogP) is 1.30. The van der Waals surface area contributed by atoms with Crippen LogP contribution in [0.2, 0.25) is 0 Å². The largest absolute Gasteiger partial charge is 0.350 e. The van der Waals surface area contributed by atoms with Gasteiger partial charge in [-0.1, -0.05) is 30.3 Å². The lowest BCUT2D eigenvalue weighted by molar-refractivity contribution is 0.249. The number of rotatable bonds is 3. The van der Waals surface area contributed by atoms with Crippen LogP contribution in [0.25, 0.3) is 0 Å². The first-order valence-electron chi connectivity index (χ1n) is 3.97. The molecule has 4 nitrogen and oxygen atoms in total. The van der Waals surface area contributed by atoms with Crippen LogP contribution < -0.4 is 11.2 Å². The van der Waals surface area contributed by atoms with Crippen molar-refractivity contribution >= 4 is 23.3 Å². The SMILES string of the molecule is NC(=O)N/N=C(/CCl)c1ccccc1. The van der Waals surface area contributed by atoms with Gasteiger partial charge in [-0.05, 0) is 5.56 Å². The molecule has 0 aliphatic rings. The van der Waals surface area contributed by atoms with Crippen LogP contribution in [0.3, 0.4) is 0 Å². The van der Waals surface area contributed by atoms with Crippen LogP contribution in [0, 0.1) is 0 Å². The number of urea groups is 1. The van der Waals surface area contributed by atoms with Gasteiger partial charge in [-0.25, -0.2) is 10.2 Å². The Bertz CT molecular complexity index is 337. The van der Waals surface area contributed by atoms with Gasteiger partial charge < -0.3 is 5.73 Å². The van der Waals surface area contributed by atoms with Crippen LogP contribution in [0.1, 0.15) is 5.56 Å². The summed E-state index contributed by atoms with van der Waals surface area (Å²) >= 11 is 5.66. The summed E-state index contributed by atoms with van der Waals surface area (Å²) in [5.41, 5.74) is 8.44. The summed E-state index contributed by atoms with van der Waals surface area (Å²) < 4.78 is 0. The van der Waals surface area contributed by atoms with Gasteiger partial charge in [0.2, 0.25) is 0 Å². The third-order valence-electron chi connectivity index (χ3n) is 1.53. The molecule has 0 aliphatic heterocycles. The molecule has 0 heterocycles. The molecule has 74 valence electrons. The molecule has 5 heteroatoms. The highest BCUT2D eigenvalue weighted by molar-refractivity contribution is 6.31. The Morgan fingerprint density at radius 1 is 1.43 bits per heavy atom. The minimum absolute atomic E-state index is 0.213. The zero-order chi connectivity index (χ0) is 10.4. The van der Waals surface area contributed by atoms with Crippen molar-refractivity contribution in [2.45, 2.75) is 0 Å². The van der Waals surface area contributed by atoms with E-state index in [4.69, 9.17) is 17.3 Å². The van der Waals surface area contributed by atoms with Gasteiger partial charge in [0.25, 0.3) is 0 Å². The third-order valence-corrected chi connectivity index (χ3v) is 1.79. The molecule has 1 aromatic carbocycles. The molecule has 0 aliphatic carbocycles. The zero-order valence-electron chi connectivity index (χ0n) is 7.40. The number of benzene rings is 1. The first kappa shape index (κ1) is 10.5. The molecule has 0 bridgehead atoms. The van der Waals surface area contributed by atoms with E-state index < -0.39 is 6.03 Å². The molecule has 0 saturated heterocycles. The van der Waals surface area contributed by atoms with E-state index in [1.165, 1.54) is 0 Å². The highest BCUT2D eigenvalue weighted by atomic mass is 35.5. The summed E-state index contributed by atoms with van der Waals surface area (Å²) in [4.78, 5) is 10.4. The van der Waals surface area contributed by atoms with Crippen LogP contribution in [0.4, 0.5) is 4.79 Å². The fraction of sp³-hybridized carbons (Fsp3) is 0.111. The normalized spacial score (nSPS) is 11.1. The van der Waals surface area contributed by atoms with E-state index in [1.807, 2.05) is 30.3 Å². The summed E-state index contributed by atoms with van der Waals surface area (Å²) in [6, 6.07) is 8.61. The van der Waals surface area contributed by atoms with Gasteiger partial charge in [0.15, 0.2) is 0 Å². The molecule has 0 spiro atoms. The van der Waals surface area contributed by atoms with Crippen LogP contribution in [-0.4, -0.2) is 17.6 Å². The maximum atomic E-state index is 10.4. The van der Waals surface area contributed by atoms with Gasteiger partial charge in [-0.15, -0.1) is 11.6 Å². The minimum atomic E-state index is -0.705. The lowest BCUT2D eigenvalue weighted by Gasteiger charge is -2.01. The van der Waals surface area contributed by atoms with Crippen molar-refractivity contribution in [1.82, 2.24) is 5.43 Å². The Morgan fingerprint density at radius 3 is 2.57 bits per heavy atom. The fourth-order valence-corrected chi connectivity index (χ4v) is 1.14. The quantitative estimate of drug-likeness (QED) is 0.442.